The van der Waals surface area contributed by atoms with Gasteiger partial charge in [-0.3, -0.25) is 9.69 Å². The molecule has 1 heterocycles. The van der Waals surface area contributed by atoms with Gasteiger partial charge >= 0.3 is 0 Å². The highest BCUT2D eigenvalue weighted by Gasteiger charge is 2.14. The second-order valence-corrected chi connectivity index (χ2v) is 4.50. The largest absolute Gasteiger partial charge is 0.382 e. The molecule has 1 aliphatic heterocycles. The molecular formula is C12H25N3O3. The molecule has 0 bridgehead atoms. The molecule has 1 fully saturated rings. The molecule has 0 spiro atoms. The molecule has 1 unspecified atom stereocenters. The Morgan fingerprint density at radius 1 is 1.39 bits per heavy atom. The number of hydrogen-bond acceptors (Lipinski definition) is 5. The molecule has 0 aromatic rings. The monoisotopic (exact) mass is 259 g/mol. The highest BCUT2D eigenvalue weighted by Crippen LogP contribution is 1.95. The Hall–Kier alpha value is -0.690. The third kappa shape index (κ3) is 6.30. The third-order valence-electron chi connectivity index (χ3n) is 3.01. The molecule has 18 heavy (non-hydrogen) atoms. The van der Waals surface area contributed by atoms with Crippen LogP contribution in [0.3, 0.4) is 0 Å². The fourth-order valence-corrected chi connectivity index (χ4v) is 1.94. The number of rotatable bonds is 7. The molecule has 1 rings (SSSR count). The van der Waals surface area contributed by atoms with Gasteiger partial charge in [0.2, 0.25) is 5.91 Å². The fraction of sp³-hybridized carbons (Fsp3) is 0.917. The Balaban J connectivity index is 2.19. The number of ether oxygens (including phenoxy) is 2. The van der Waals surface area contributed by atoms with Crippen molar-refractivity contribution in [1.82, 2.24) is 15.5 Å². The minimum absolute atomic E-state index is 0.0510. The summed E-state index contributed by atoms with van der Waals surface area (Å²) >= 11 is 0. The quantitative estimate of drug-likeness (QED) is 0.618. The number of carbonyl (C=O) groups is 1. The van der Waals surface area contributed by atoms with Crippen LogP contribution in [0.25, 0.3) is 0 Å². The van der Waals surface area contributed by atoms with E-state index in [1.807, 2.05) is 0 Å². The molecule has 1 atom stereocenters. The van der Waals surface area contributed by atoms with Crippen molar-refractivity contribution >= 4 is 5.91 Å². The molecule has 0 aromatic carbocycles. The zero-order valence-electron chi connectivity index (χ0n) is 11.4. The summed E-state index contributed by atoms with van der Waals surface area (Å²) in [5.74, 6) is 0.0510. The SMILES string of the molecule is COCC(CNC(=O)CN1CCCNCC1)OC. The van der Waals surface area contributed by atoms with Gasteiger partial charge in [0.25, 0.3) is 0 Å². The summed E-state index contributed by atoms with van der Waals surface area (Å²) in [6.45, 7) is 5.35. The molecule has 0 aromatic heterocycles. The highest BCUT2D eigenvalue weighted by atomic mass is 16.5. The summed E-state index contributed by atoms with van der Waals surface area (Å²) in [6.07, 6.45) is 1.02. The zero-order chi connectivity index (χ0) is 13.2. The molecule has 6 heteroatoms. The molecule has 1 amide bonds. The first-order valence-electron chi connectivity index (χ1n) is 6.47. The van der Waals surface area contributed by atoms with E-state index in [0.717, 1.165) is 32.6 Å². The fourth-order valence-electron chi connectivity index (χ4n) is 1.94. The van der Waals surface area contributed by atoms with Crippen LogP contribution < -0.4 is 10.6 Å². The normalized spacial score (nSPS) is 19.2. The predicted octanol–water partition coefficient (Wildman–Crippen LogP) is -0.941. The predicted molar refractivity (Wildman–Crippen MR) is 69.6 cm³/mol. The number of amides is 1. The van der Waals surface area contributed by atoms with Crippen LogP contribution >= 0.6 is 0 Å². The van der Waals surface area contributed by atoms with E-state index in [1.165, 1.54) is 0 Å². The van der Waals surface area contributed by atoms with Gasteiger partial charge in [0.1, 0.15) is 0 Å². The van der Waals surface area contributed by atoms with Crippen LogP contribution in [0.4, 0.5) is 0 Å². The van der Waals surface area contributed by atoms with Crippen LogP contribution in [0.15, 0.2) is 0 Å². The minimum atomic E-state index is -0.0789. The van der Waals surface area contributed by atoms with E-state index in [2.05, 4.69) is 15.5 Å². The average Bonchev–Trinajstić information content (AvgIpc) is 2.63. The molecule has 2 N–H and O–H groups in total. The highest BCUT2D eigenvalue weighted by molar-refractivity contribution is 5.78. The summed E-state index contributed by atoms with van der Waals surface area (Å²) in [5.41, 5.74) is 0. The van der Waals surface area contributed by atoms with Gasteiger partial charge in [0.05, 0.1) is 19.3 Å². The average molecular weight is 259 g/mol. The number of nitrogens with zero attached hydrogens (tertiary/aromatic N) is 1. The number of hydrogen-bond donors (Lipinski definition) is 2. The molecule has 0 aliphatic carbocycles. The minimum Gasteiger partial charge on any atom is -0.382 e. The van der Waals surface area contributed by atoms with E-state index in [1.54, 1.807) is 14.2 Å². The second kappa shape index (κ2) is 9.27. The lowest BCUT2D eigenvalue weighted by atomic mass is 10.3. The summed E-state index contributed by atoms with van der Waals surface area (Å²) in [4.78, 5) is 14.0. The van der Waals surface area contributed by atoms with Crippen molar-refractivity contribution in [1.29, 1.82) is 0 Å². The molecule has 6 nitrogen and oxygen atoms in total. The molecule has 0 saturated carbocycles. The number of nitrogens with one attached hydrogen (secondary N) is 2. The van der Waals surface area contributed by atoms with E-state index >= 15 is 0 Å². The first-order valence-corrected chi connectivity index (χ1v) is 6.47. The van der Waals surface area contributed by atoms with E-state index in [9.17, 15) is 4.79 Å². The van der Waals surface area contributed by atoms with Gasteiger partial charge in [-0.15, -0.1) is 0 Å². The van der Waals surface area contributed by atoms with Gasteiger partial charge in [-0.1, -0.05) is 0 Å². The van der Waals surface area contributed by atoms with Gasteiger partial charge in [-0.25, -0.2) is 0 Å². The lowest BCUT2D eigenvalue weighted by Crippen LogP contribution is -2.42. The van der Waals surface area contributed by atoms with Gasteiger partial charge in [0.15, 0.2) is 0 Å². The Kier molecular flexibility index (Phi) is 7.91. The molecular weight excluding hydrogens is 234 g/mol. The summed E-state index contributed by atoms with van der Waals surface area (Å²) in [5, 5.41) is 6.20. The topological polar surface area (TPSA) is 62.8 Å². The Morgan fingerprint density at radius 2 is 2.22 bits per heavy atom. The van der Waals surface area contributed by atoms with Crippen molar-refractivity contribution in [2.24, 2.45) is 0 Å². The summed E-state index contributed by atoms with van der Waals surface area (Å²) in [6, 6.07) is 0. The van der Waals surface area contributed by atoms with Gasteiger partial charge < -0.3 is 20.1 Å². The summed E-state index contributed by atoms with van der Waals surface area (Å²) in [7, 11) is 3.24. The molecule has 1 saturated heterocycles. The van der Waals surface area contributed by atoms with E-state index < -0.39 is 0 Å². The van der Waals surface area contributed by atoms with Crippen molar-refractivity contribution in [3.63, 3.8) is 0 Å². The van der Waals surface area contributed by atoms with Crippen LogP contribution in [-0.2, 0) is 14.3 Å². The van der Waals surface area contributed by atoms with E-state index in [0.29, 0.717) is 19.7 Å². The maximum absolute atomic E-state index is 11.8. The maximum atomic E-state index is 11.8. The van der Waals surface area contributed by atoms with Crippen LogP contribution in [0, 0.1) is 0 Å². The number of carbonyl (C=O) groups excluding carboxylic acids is 1. The Bertz CT molecular complexity index is 231. The van der Waals surface area contributed by atoms with Crippen LogP contribution in [0.2, 0.25) is 0 Å². The van der Waals surface area contributed by atoms with Crippen molar-refractivity contribution in [2.45, 2.75) is 12.5 Å². The van der Waals surface area contributed by atoms with Gasteiger partial charge in [-0.05, 0) is 19.5 Å². The molecule has 0 radical (unpaired) electrons. The third-order valence-corrected chi connectivity index (χ3v) is 3.01. The van der Waals surface area contributed by atoms with Crippen molar-refractivity contribution in [3.05, 3.63) is 0 Å². The van der Waals surface area contributed by atoms with Gasteiger partial charge in [-0.2, -0.15) is 0 Å². The van der Waals surface area contributed by atoms with Crippen molar-refractivity contribution < 1.29 is 14.3 Å². The van der Waals surface area contributed by atoms with E-state index in [4.69, 9.17) is 9.47 Å². The first kappa shape index (κ1) is 15.4. The van der Waals surface area contributed by atoms with E-state index in [-0.39, 0.29) is 12.0 Å². The first-order chi connectivity index (χ1) is 8.76. The second-order valence-electron chi connectivity index (χ2n) is 4.50. The Labute approximate surface area is 109 Å². The maximum Gasteiger partial charge on any atom is 0.234 e. The van der Waals surface area contributed by atoms with Gasteiger partial charge in [0, 0.05) is 33.9 Å². The summed E-state index contributed by atoms with van der Waals surface area (Å²) < 4.78 is 10.2. The van der Waals surface area contributed by atoms with Crippen molar-refractivity contribution in [3.8, 4) is 0 Å². The number of methoxy groups -OCH3 is 2. The van der Waals surface area contributed by atoms with Crippen LogP contribution in [0.5, 0.6) is 0 Å². The lowest BCUT2D eigenvalue weighted by molar-refractivity contribution is -0.123. The lowest BCUT2D eigenvalue weighted by Gasteiger charge is -2.20. The smallest absolute Gasteiger partial charge is 0.234 e. The molecule has 106 valence electrons. The van der Waals surface area contributed by atoms with Crippen LogP contribution in [-0.4, -0.2) is 77.0 Å². The van der Waals surface area contributed by atoms with Crippen LogP contribution in [0.1, 0.15) is 6.42 Å². The standard InChI is InChI=1S/C12H25N3O3/c1-17-10-11(18-2)8-14-12(16)9-15-6-3-4-13-5-7-15/h11,13H,3-10H2,1-2H3,(H,14,16). The van der Waals surface area contributed by atoms with Crippen molar-refractivity contribution in [2.75, 3.05) is 60.1 Å². The zero-order valence-corrected chi connectivity index (χ0v) is 11.4. The molecule has 1 aliphatic rings. The Morgan fingerprint density at radius 3 is 2.94 bits per heavy atom.